The summed E-state index contributed by atoms with van der Waals surface area (Å²) in [4.78, 5) is 3.95. The van der Waals surface area contributed by atoms with Crippen molar-refractivity contribution in [2.75, 3.05) is 37.9 Å². The van der Waals surface area contributed by atoms with Crippen molar-refractivity contribution in [3.63, 3.8) is 0 Å². The van der Waals surface area contributed by atoms with Gasteiger partial charge in [0.15, 0.2) is 0 Å². The smallest absolute Gasteiger partial charge is 0.119 e. The Bertz CT molecular complexity index is 2580. The van der Waals surface area contributed by atoms with Gasteiger partial charge >= 0.3 is 0 Å². The lowest BCUT2D eigenvalue weighted by molar-refractivity contribution is 0.305. The van der Waals surface area contributed by atoms with Crippen LogP contribution in [0.25, 0.3) is 66.3 Å². The summed E-state index contributed by atoms with van der Waals surface area (Å²) in [5.74, 6) is 3.42. The molecular formula is C60H75N3O4. The number of aromatic nitrogens is 1. The zero-order chi connectivity index (χ0) is 46.8. The molecule has 1 aromatic heterocycles. The van der Waals surface area contributed by atoms with E-state index in [4.69, 9.17) is 30.4 Å². The molecule has 354 valence electrons. The molecule has 7 aromatic rings. The molecule has 0 saturated carbocycles. The van der Waals surface area contributed by atoms with Gasteiger partial charge in [-0.05, 0) is 109 Å². The Kier molecular flexibility index (Phi) is 18.3. The zero-order valence-corrected chi connectivity index (χ0v) is 40.8. The van der Waals surface area contributed by atoms with Crippen molar-refractivity contribution in [1.82, 2.24) is 4.98 Å². The van der Waals surface area contributed by atoms with E-state index in [1.807, 2.05) is 6.07 Å². The van der Waals surface area contributed by atoms with Gasteiger partial charge in [0.1, 0.15) is 23.0 Å². The maximum absolute atomic E-state index is 7.74. The average Bonchev–Trinajstić information content (AvgIpc) is 3.73. The van der Waals surface area contributed by atoms with Crippen molar-refractivity contribution in [3.8, 4) is 67.5 Å². The second-order valence-electron chi connectivity index (χ2n) is 18.1. The molecule has 0 spiro atoms. The molecule has 7 heteroatoms. The lowest BCUT2D eigenvalue weighted by Crippen LogP contribution is -2.01. The minimum Gasteiger partial charge on any atom is -0.494 e. The summed E-state index contributed by atoms with van der Waals surface area (Å²) in [6.07, 6.45) is 18.5. The van der Waals surface area contributed by atoms with Gasteiger partial charge in [-0.1, -0.05) is 153 Å². The Morgan fingerprint density at radius 2 is 0.687 bits per heavy atom. The predicted octanol–water partition coefficient (Wildman–Crippen LogP) is 17.0. The Morgan fingerprint density at radius 1 is 0.343 bits per heavy atom. The number of anilines is 2. The third-order valence-electron chi connectivity index (χ3n) is 12.9. The summed E-state index contributed by atoms with van der Waals surface area (Å²) in [5.41, 5.74) is 26.0. The van der Waals surface area contributed by atoms with E-state index in [0.29, 0.717) is 37.8 Å². The van der Waals surface area contributed by atoms with Crippen molar-refractivity contribution in [1.29, 1.82) is 0 Å². The van der Waals surface area contributed by atoms with Gasteiger partial charge in [0, 0.05) is 49.9 Å². The lowest BCUT2D eigenvalue weighted by Gasteiger charge is -2.21. The van der Waals surface area contributed by atoms with Gasteiger partial charge in [-0.25, -0.2) is 0 Å². The second-order valence-corrected chi connectivity index (χ2v) is 18.1. The van der Waals surface area contributed by atoms with Crippen LogP contribution in [0.1, 0.15) is 130 Å². The molecule has 0 aliphatic carbocycles. The first kappa shape index (κ1) is 48.8. The topological polar surface area (TPSA) is 105 Å². The molecule has 5 N–H and O–H groups in total. The highest BCUT2D eigenvalue weighted by molar-refractivity contribution is 6.28. The molecule has 0 aliphatic heterocycles. The fraction of sp³-hybridized carbons (Fsp3) is 0.400. The van der Waals surface area contributed by atoms with Crippen molar-refractivity contribution < 1.29 is 18.9 Å². The Morgan fingerprint density at radius 3 is 1.06 bits per heavy atom. The molecular weight excluding hydrogens is 827 g/mol. The van der Waals surface area contributed by atoms with Crippen molar-refractivity contribution >= 4 is 33.2 Å². The SMILES string of the molecule is CCCCCCOc1ccc(-c2c(N)c(-c3ccc(OCCCCCC)cc3)c3c([nH]c4ccc(N)c(-c5ccc(OCCCCCC)cc5)c43)c2-c2ccc(OCCCCCC)cc2)cc1. The molecule has 0 unspecified atom stereocenters. The van der Waals surface area contributed by atoms with Gasteiger partial charge in [-0.3, -0.25) is 0 Å². The number of H-pyrrole nitrogens is 1. The highest BCUT2D eigenvalue weighted by atomic mass is 16.5. The molecule has 6 aromatic carbocycles. The number of nitrogens with two attached hydrogens (primary N) is 2. The fourth-order valence-electron chi connectivity index (χ4n) is 9.21. The minimum absolute atomic E-state index is 0.682. The molecule has 0 bridgehead atoms. The lowest BCUT2D eigenvalue weighted by atomic mass is 9.84. The molecule has 0 aliphatic rings. The molecule has 7 rings (SSSR count). The monoisotopic (exact) mass is 902 g/mol. The first-order chi connectivity index (χ1) is 32.9. The van der Waals surface area contributed by atoms with E-state index in [2.05, 4.69) is 136 Å². The van der Waals surface area contributed by atoms with Crippen LogP contribution in [0.4, 0.5) is 11.4 Å². The molecule has 0 fully saturated rings. The van der Waals surface area contributed by atoms with Crippen LogP contribution in [0, 0.1) is 0 Å². The zero-order valence-electron chi connectivity index (χ0n) is 40.8. The van der Waals surface area contributed by atoms with E-state index in [1.54, 1.807) is 0 Å². The van der Waals surface area contributed by atoms with E-state index in [1.165, 1.54) is 77.0 Å². The number of aromatic amines is 1. The van der Waals surface area contributed by atoms with Crippen LogP contribution in [0.15, 0.2) is 109 Å². The molecule has 0 amide bonds. The molecule has 1 heterocycles. The summed E-state index contributed by atoms with van der Waals surface area (Å²) in [6.45, 7) is 11.7. The van der Waals surface area contributed by atoms with Crippen LogP contribution in [0.3, 0.4) is 0 Å². The molecule has 0 atom stereocenters. The minimum atomic E-state index is 0.682. The largest absolute Gasteiger partial charge is 0.494 e. The van der Waals surface area contributed by atoms with Gasteiger partial charge < -0.3 is 35.4 Å². The van der Waals surface area contributed by atoms with E-state index in [-0.39, 0.29) is 0 Å². The van der Waals surface area contributed by atoms with E-state index in [0.717, 1.165) is 115 Å². The fourth-order valence-corrected chi connectivity index (χ4v) is 9.21. The van der Waals surface area contributed by atoms with Crippen LogP contribution >= 0.6 is 0 Å². The Hall–Kier alpha value is -6.08. The molecule has 7 nitrogen and oxygen atoms in total. The number of rotatable bonds is 28. The van der Waals surface area contributed by atoms with Crippen LogP contribution in [-0.4, -0.2) is 31.4 Å². The summed E-state index contributed by atoms with van der Waals surface area (Å²) in [6, 6.07) is 37.9. The number of ether oxygens (including phenoxy) is 4. The maximum Gasteiger partial charge on any atom is 0.119 e. The number of benzene rings is 6. The number of unbranched alkanes of at least 4 members (excludes halogenated alkanes) is 12. The van der Waals surface area contributed by atoms with Gasteiger partial charge in [0.05, 0.1) is 31.9 Å². The summed E-state index contributed by atoms with van der Waals surface area (Å²) < 4.78 is 24.9. The predicted molar refractivity (Wildman–Crippen MR) is 285 cm³/mol. The van der Waals surface area contributed by atoms with Crippen LogP contribution < -0.4 is 30.4 Å². The number of nitrogen functional groups attached to an aromatic ring is 2. The first-order valence-electron chi connectivity index (χ1n) is 25.6. The molecule has 67 heavy (non-hydrogen) atoms. The number of hydrogen-bond donors (Lipinski definition) is 3. The van der Waals surface area contributed by atoms with E-state index in [9.17, 15) is 0 Å². The van der Waals surface area contributed by atoms with E-state index < -0.39 is 0 Å². The van der Waals surface area contributed by atoms with Crippen LogP contribution in [0.5, 0.6) is 23.0 Å². The van der Waals surface area contributed by atoms with E-state index >= 15 is 0 Å². The molecule has 0 saturated heterocycles. The normalized spacial score (nSPS) is 11.4. The van der Waals surface area contributed by atoms with Gasteiger partial charge in [-0.2, -0.15) is 0 Å². The first-order valence-corrected chi connectivity index (χ1v) is 25.6. The summed E-state index contributed by atoms with van der Waals surface area (Å²) in [7, 11) is 0. The van der Waals surface area contributed by atoms with Gasteiger partial charge in [0.2, 0.25) is 0 Å². The number of fused-ring (bicyclic) bond motifs is 3. The van der Waals surface area contributed by atoms with Crippen molar-refractivity contribution in [2.45, 2.75) is 130 Å². The Labute approximate surface area is 400 Å². The second kappa shape index (κ2) is 25.2. The standard InChI is InChI=1S/C60H75N3O4/c1-5-9-13-17-39-64-47-29-21-43(22-30-47)53-51(61)37-38-52-57(53)58-55(45-25-33-49(34-26-45)66-41-19-15-11-7-3)59(62)54(44-23-31-48(32-24-44)65-40-18-14-10-6-2)56(60(58)63-52)46-27-35-50(36-28-46)67-42-20-16-12-8-4/h21-38,63H,5-20,39-42,61-62H2,1-4H3. The number of hydrogen-bond acceptors (Lipinski definition) is 6. The highest BCUT2D eigenvalue weighted by Gasteiger charge is 2.27. The van der Waals surface area contributed by atoms with Crippen LogP contribution in [0.2, 0.25) is 0 Å². The Balaban J connectivity index is 1.41. The summed E-state index contributed by atoms with van der Waals surface area (Å²) in [5, 5.41) is 2.04. The van der Waals surface area contributed by atoms with Crippen LogP contribution in [-0.2, 0) is 0 Å². The van der Waals surface area contributed by atoms with Gasteiger partial charge in [-0.15, -0.1) is 0 Å². The quantitative estimate of drug-likeness (QED) is 0.0334. The number of nitrogens with one attached hydrogen (secondary N) is 1. The third-order valence-corrected chi connectivity index (χ3v) is 12.9. The highest BCUT2D eigenvalue weighted by Crippen LogP contribution is 2.52. The van der Waals surface area contributed by atoms with Crippen molar-refractivity contribution in [3.05, 3.63) is 109 Å². The third kappa shape index (κ3) is 12.5. The molecule has 0 radical (unpaired) electrons. The average molecular weight is 902 g/mol. The van der Waals surface area contributed by atoms with Gasteiger partial charge in [0.25, 0.3) is 0 Å². The van der Waals surface area contributed by atoms with Crippen molar-refractivity contribution in [2.24, 2.45) is 0 Å². The maximum atomic E-state index is 7.74. The summed E-state index contributed by atoms with van der Waals surface area (Å²) >= 11 is 0.